The second kappa shape index (κ2) is 7.67. The van der Waals surface area contributed by atoms with Gasteiger partial charge in [-0.05, 0) is 37.8 Å². The molecule has 3 aliphatic rings. The summed E-state index contributed by atoms with van der Waals surface area (Å²) in [6.45, 7) is 4.42. The number of ether oxygens (including phenoxy) is 1. The van der Waals surface area contributed by atoms with Gasteiger partial charge in [0, 0.05) is 51.4 Å². The fraction of sp³-hybridized carbons (Fsp3) is 0.667. The van der Waals surface area contributed by atoms with Gasteiger partial charge < -0.3 is 9.64 Å². The van der Waals surface area contributed by atoms with E-state index in [4.69, 9.17) is 4.74 Å². The minimum Gasteiger partial charge on any atom is -0.487 e. The number of fused-ring (bicyclic) bond motifs is 1. The van der Waals surface area contributed by atoms with Crippen LogP contribution in [0.25, 0.3) is 0 Å². The Hall–Kier alpha value is -1.60. The van der Waals surface area contributed by atoms with Crippen LogP contribution in [0.3, 0.4) is 0 Å². The molecule has 3 heterocycles. The molecule has 1 amide bonds. The van der Waals surface area contributed by atoms with Crippen molar-refractivity contribution in [3.63, 3.8) is 0 Å². The van der Waals surface area contributed by atoms with Gasteiger partial charge in [0.15, 0.2) is 0 Å². The summed E-state index contributed by atoms with van der Waals surface area (Å²) >= 11 is 0. The van der Waals surface area contributed by atoms with Crippen molar-refractivity contribution in [1.29, 1.82) is 0 Å². The van der Waals surface area contributed by atoms with Crippen LogP contribution in [-0.2, 0) is 14.8 Å². The highest BCUT2D eigenvalue weighted by Gasteiger charge is 2.45. The zero-order valence-electron chi connectivity index (χ0n) is 16.6. The maximum Gasteiger partial charge on any atom is 0.223 e. The van der Waals surface area contributed by atoms with E-state index in [-0.39, 0.29) is 23.2 Å². The standard InChI is InChI=1S/C21H30N2O4S/c1-2-28(25,26)23-13-9-21(10-14-23)16-17(15-20(24)22-11-5-6-12-22)18-7-3-4-8-19(18)27-21/h3-4,7-8,17H,2,5-6,9-16H2,1H3/t17-/m1/s1. The molecule has 2 saturated heterocycles. The van der Waals surface area contributed by atoms with Gasteiger partial charge in [0.05, 0.1) is 5.75 Å². The van der Waals surface area contributed by atoms with Crippen LogP contribution in [-0.4, -0.2) is 61.1 Å². The van der Waals surface area contributed by atoms with Crippen molar-refractivity contribution < 1.29 is 17.9 Å². The predicted molar refractivity (Wildman–Crippen MR) is 108 cm³/mol. The van der Waals surface area contributed by atoms with Gasteiger partial charge >= 0.3 is 0 Å². The van der Waals surface area contributed by atoms with Crippen molar-refractivity contribution >= 4 is 15.9 Å². The van der Waals surface area contributed by atoms with E-state index >= 15 is 0 Å². The number of hydrogen-bond donors (Lipinski definition) is 0. The minimum absolute atomic E-state index is 0.132. The summed E-state index contributed by atoms with van der Waals surface area (Å²) in [6.07, 6.45) is 4.84. The van der Waals surface area contributed by atoms with Gasteiger partial charge in [-0.25, -0.2) is 12.7 Å². The maximum atomic E-state index is 12.8. The van der Waals surface area contributed by atoms with Gasteiger partial charge in [-0.1, -0.05) is 18.2 Å². The third kappa shape index (κ3) is 3.79. The third-order valence-electron chi connectivity index (χ3n) is 6.58. The first-order valence-electron chi connectivity index (χ1n) is 10.5. The molecule has 1 spiro atoms. The van der Waals surface area contributed by atoms with Crippen LogP contribution < -0.4 is 4.74 Å². The molecule has 1 atom stereocenters. The van der Waals surface area contributed by atoms with E-state index in [9.17, 15) is 13.2 Å². The lowest BCUT2D eigenvalue weighted by Crippen LogP contribution is -2.52. The lowest BCUT2D eigenvalue weighted by molar-refractivity contribution is -0.131. The van der Waals surface area contributed by atoms with Crippen molar-refractivity contribution in [2.24, 2.45) is 0 Å². The average Bonchev–Trinajstić information content (AvgIpc) is 3.23. The van der Waals surface area contributed by atoms with Crippen molar-refractivity contribution in [1.82, 2.24) is 9.21 Å². The summed E-state index contributed by atoms with van der Waals surface area (Å²) in [6, 6.07) is 8.03. The zero-order chi connectivity index (χ0) is 19.8. The quantitative estimate of drug-likeness (QED) is 0.771. The molecule has 28 heavy (non-hydrogen) atoms. The second-order valence-corrected chi connectivity index (χ2v) is 10.6. The monoisotopic (exact) mass is 406 g/mol. The first-order valence-corrected chi connectivity index (χ1v) is 12.1. The summed E-state index contributed by atoms with van der Waals surface area (Å²) in [7, 11) is -3.16. The first-order chi connectivity index (χ1) is 13.4. The van der Waals surface area contributed by atoms with E-state index in [1.807, 2.05) is 23.1 Å². The molecular weight excluding hydrogens is 376 g/mol. The number of amides is 1. The van der Waals surface area contributed by atoms with E-state index in [2.05, 4.69) is 6.07 Å². The average molecular weight is 407 g/mol. The fourth-order valence-corrected chi connectivity index (χ4v) is 6.00. The number of likely N-dealkylation sites (tertiary alicyclic amines) is 1. The Morgan fingerprint density at radius 1 is 1.14 bits per heavy atom. The summed E-state index contributed by atoms with van der Waals surface area (Å²) in [5, 5.41) is 0. The van der Waals surface area contributed by atoms with Crippen LogP contribution in [0, 0.1) is 0 Å². The Morgan fingerprint density at radius 3 is 2.50 bits per heavy atom. The van der Waals surface area contributed by atoms with Gasteiger partial charge in [0.25, 0.3) is 0 Å². The Bertz CT molecular complexity index is 825. The third-order valence-corrected chi connectivity index (χ3v) is 8.46. The fourth-order valence-electron chi connectivity index (χ4n) is 4.89. The maximum absolute atomic E-state index is 12.8. The zero-order valence-corrected chi connectivity index (χ0v) is 17.4. The number of hydrogen-bond acceptors (Lipinski definition) is 4. The topological polar surface area (TPSA) is 66.9 Å². The molecule has 0 N–H and O–H groups in total. The van der Waals surface area contributed by atoms with Crippen LogP contribution in [0.5, 0.6) is 5.75 Å². The van der Waals surface area contributed by atoms with Gasteiger partial charge in [-0.3, -0.25) is 4.79 Å². The highest BCUT2D eigenvalue weighted by Crippen LogP contribution is 2.47. The number of para-hydroxylation sites is 1. The molecule has 0 bridgehead atoms. The van der Waals surface area contributed by atoms with Gasteiger partial charge in [-0.15, -0.1) is 0 Å². The number of nitrogens with zero attached hydrogens (tertiary/aromatic N) is 2. The minimum atomic E-state index is -3.16. The molecule has 154 valence electrons. The van der Waals surface area contributed by atoms with Crippen LogP contribution in [0.1, 0.15) is 56.9 Å². The molecule has 1 aromatic carbocycles. The highest BCUT2D eigenvalue weighted by molar-refractivity contribution is 7.89. The van der Waals surface area contributed by atoms with E-state index < -0.39 is 10.0 Å². The summed E-state index contributed by atoms with van der Waals surface area (Å²) < 4.78 is 32.5. The van der Waals surface area contributed by atoms with Crippen LogP contribution in [0.4, 0.5) is 0 Å². The molecule has 7 heteroatoms. The van der Waals surface area contributed by atoms with E-state index in [0.29, 0.717) is 32.4 Å². The number of benzene rings is 1. The number of rotatable bonds is 4. The number of carbonyl (C=O) groups is 1. The Balaban J connectivity index is 1.53. The van der Waals surface area contributed by atoms with Gasteiger partial charge in [0.1, 0.15) is 11.4 Å². The molecule has 3 aliphatic heterocycles. The van der Waals surface area contributed by atoms with Crippen LogP contribution >= 0.6 is 0 Å². The normalized spacial score (nSPS) is 24.8. The molecule has 6 nitrogen and oxygen atoms in total. The lowest BCUT2D eigenvalue weighted by atomic mass is 9.76. The van der Waals surface area contributed by atoms with Crippen molar-refractivity contribution in [3.8, 4) is 5.75 Å². The largest absolute Gasteiger partial charge is 0.487 e. The van der Waals surface area contributed by atoms with Gasteiger partial charge in [-0.2, -0.15) is 0 Å². The molecule has 4 rings (SSSR count). The van der Waals surface area contributed by atoms with E-state index in [0.717, 1.165) is 43.7 Å². The summed E-state index contributed by atoms with van der Waals surface area (Å²) in [5.74, 6) is 1.36. The van der Waals surface area contributed by atoms with E-state index in [1.165, 1.54) is 0 Å². The molecular formula is C21H30N2O4S. The van der Waals surface area contributed by atoms with Crippen LogP contribution in [0.2, 0.25) is 0 Å². The van der Waals surface area contributed by atoms with Crippen molar-refractivity contribution in [2.75, 3.05) is 31.9 Å². The predicted octanol–water partition coefficient (Wildman–Crippen LogP) is 2.75. The highest BCUT2D eigenvalue weighted by atomic mass is 32.2. The molecule has 1 aromatic rings. The molecule has 0 radical (unpaired) electrons. The van der Waals surface area contributed by atoms with E-state index in [1.54, 1.807) is 11.2 Å². The number of piperidine rings is 1. The molecule has 0 aromatic heterocycles. The summed E-state index contributed by atoms with van der Waals surface area (Å²) in [5.41, 5.74) is 0.744. The van der Waals surface area contributed by atoms with Crippen molar-refractivity contribution in [2.45, 2.75) is 57.0 Å². The Kier molecular flexibility index (Phi) is 5.40. The van der Waals surface area contributed by atoms with Crippen molar-refractivity contribution in [3.05, 3.63) is 29.8 Å². The van der Waals surface area contributed by atoms with Gasteiger partial charge in [0.2, 0.25) is 15.9 Å². The number of sulfonamides is 1. The number of carbonyl (C=O) groups excluding carboxylic acids is 1. The molecule has 0 saturated carbocycles. The Morgan fingerprint density at radius 2 is 1.82 bits per heavy atom. The second-order valence-electron chi connectivity index (χ2n) is 8.32. The smallest absolute Gasteiger partial charge is 0.223 e. The summed E-state index contributed by atoms with van der Waals surface area (Å²) in [4.78, 5) is 14.8. The van der Waals surface area contributed by atoms with Crippen LogP contribution in [0.15, 0.2) is 24.3 Å². The molecule has 0 unspecified atom stereocenters. The SMILES string of the molecule is CCS(=O)(=O)N1CCC2(CC1)C[C@@H](CC(=O)N1CCCC1)c1ccccc1O2. The molecule has 0 aliphatic carbocycles. The molecule has 2 fully saturated rings. The lowest BCUT2D eigenvalue weighted by Gasteiger charge is -2.46. The Labute approximate surface area is 167 Å². The first kappa shape index (κ1) is 19.7.